The van der Waals surface area contributed by atoms with Crippen LogP contribution in [-0.2, 0) is 4.74 Å². The van der Waals surface area contributed by atoms with Crippen molar-refractivity contribution >= 4 is 6.09 Å². The van der Waals surface area contributed by atoms with Gasteiger partial charge in [-0.05, 0) is 32.8 Å². The molecule has 2 N–H and O–H groups in total. The minimum absolute atomic E-state index is 0.163. The number of ether oxygens (including phenoxy) is 1. The summed E-state index contributed by atoms with van der Waals surface area (Å²) in [7, 11) is 0. The predicted octanol–water partition coefficient (Wildman–Crippen LogP) is 1.97. The lowest BCUT2D eigenvalue weighted by molar-refractivity contribution is 0.0518. The summed E-state index contributed by atoms with van der Waals surface area (Å²) in [4.78, 5) is 11.4. The summed E-state index contributed by atoms with van der Waals surface area (Å²) in [6.07, 6.45) is 2.15. The molecule has 3 atom stereocenters. The molecule has 2 aliphatic carbocycles. The monoisotopic (exact) mass is 211 g/mol. The lowest BCUT2D eigenvalue weighted by Gasteiger charge is -2.20. The first-order valence-corrected chi connectivity index (χ1v) is 5.26. The number of carbonyl (C=O) groups excluding carboxylic acids is 1. The lowest BCUT2D eigenvalue weighted by atomic mass is 10.2. The van der Waals surface area contributed by atoms with Crippen LogP contribution in [0.2, 0.25) is 0 Å². The van der Waals surface area contributed by atoms with Crippen molar-refractivity contribution in [2.45, 2.75) is 38.8 Å². The molecule has 0 bridgehead atoms. The standard InChI is InChI=1S/C11H17NO3/c1-11(2,3)15-10(14)12-9-7-4-6(13)5-8(7)9/h4,7-9,13H,5H2,1-3H3,(H,12,14)/t7-,8+,9+/m0/s1. The van der Waals surface area contributed by atoms with Gasteiger partial charge in [-0.1, -0.05) is 0 Å². The van der Waals surface area contributed by atoms with Crippen molar-refractivity contribution in [3.05, 3.63) is 11.8 Å². The van der Waals surface area contributed by atoms with Gasteiger partial charge in [0.2, 0.25) is 0 Å². The molecule has 2 rings (SSSR count). The van der Waals surface area contributed by atoms with Gasteiger partial charge < -0.3 is 15.2 Å². The summed E-state index contributed by atoms with van der Waals surface area (Å²) in [6.45, 7) is 5.52. The molecule has 0 radical (unpaired) electrons. The molecule has 0 saturated heterocycles. The van der Waals surface area contributed by atoms with Gasteiger partial charge in [0.15, 0.2) is 0 Å². The van der Waals surface area contributed by atoms with Crippen LogP contribution in [0.25, 0.3) is 0 Å². The first-order chi connectivity index (χ1) is 6.87. The van der Waals surface area contributed by atoms with Gasteiger partial charge >= 0.3 is 6.09 Å². The molecular weight excluding hydrogens is 194 g/mol. The summed E-state index contributed by atoms with van der Waals surface area (Å²) in [6, 6.07) is 0.163. The highest BCUT2D eigenvalue weighted by atomic mass is 16.6. The van der Waals surface area contributed by atoms with Crippen molar-refractivity contribution in [3.63, 3.8) is 0 Å². The number of nitrogens with one attached hydrogen (secondary N) is 1. The Balaban J connectivity index is 1.79. The second-order valence-corrected chi connectivity index (χ2v) is 5.28. The number of hydrogen-bond donors (Lipinski definition) is 2. The molecule has 84 valence electrons. The second-order valence-electron chi connectivity index (χ2n) is 5.28. The molecule has 4 heteroatoms. The third-order valence-electron chi connectivity index (χ3n) is 2.74. The molecule has 0 unspecified atom stereocenters. The summed E-state index contributed by atoms with van der Waals surface area (Å²) in [5, 5.41) is 12.0. The zero-order valence-corrected chi connectivity index (χ0v) is 9.28. The number of aliphatic hydroxyl groups is 1. The van der Waals surface area contributed by atoms with Crippen LogP contribution in [-0.4, -0.2) is 22.8 Å². The molecule has 0 aromatic heterocycles. The highest BCUT2D eigenvalue weighted by Gasteiger charge is 2.53. The minimum Gasteiger partial charge on any atom is -0.513 e. The van der Waals surface area contributed by atoms with Crippen LogP contribution in [0, 0.1) is 11.8 Å². The van der Waals surface area contributed by atoms with Crippen molar-refractivity contribution in [1.82, 2.24) is 5.32 Å². The van der Waals surface area contributed by atoms with Gasteiger partial charge in [-0.2, -0.15) is 0 Å². The lowest BCUT2D eigenvalue weighted by Crippen LogP contribution is -2.35. The van der Waals surface area contributed by atoms with E-state index in [-0.39, 0.29) is 12.1 Å². The maximum Gasteiger partial charge on any atom is 0.407 e. The topological polar surface area (TPSA) is 58.6 Å². The third kappa shape index (κ3) is 2.25. The molecule has 0 heterocycles. The van der Waals surface area contributed by atoms with E-state index >= 15 is 0 Å². The minimum atomic E-state index is -0.452. The Morgan fingerprint density at radius 2 is 2.27 bits per heavy atom. The van der Waals surface area contributed by atoms with Gasteiger partial charge in [-0.25, -0.2) is 4.79 Å². The predicted molar refractivity (Wildman–Crippen MR) is 55.5 cm³/mol. The Morgan fingerprint density at radius 1 is 1.60 bits per heavy atom. The molecule has 1 saturated carbocycles. The van der Waals surface area contributed by atoms with E-state index in [1.807, 2.05) is 26.8 Å². The number of alkyl carbamates (subject to hydrolysis) is 1. The number of aliphatic hydroxyl groups excluding tert-OH is 1. The average molecular weight is 211 g/mol. The molecule has 4 nitrogen and oxygen atoms in total. The fourth-order valence-electron chi connectivity index (χ4n) is 2.07. The third-order valence-corrected chi connectivity index (χ3v) is 2.74. The number of rotatable bonds is 1. The van der Waals surface area contributed by atoms with Crippen LogP contribution in [0.5, 0.6) is 0 Å². The Labute approximate surface area is 89.3 Å². The molecule has 1 fully saturated rings. The maximum atomic E-state index is 11.4. The molecule has 0 spiro atoms. The van der Waals surface area contributed by atoms with Crippen molar-refractivity contribution in [1.29, 1.82) is 0 Å². The normalized spacial score (nSPS) is 33.0. The fraction of sp³-hybridized carbons (Fsp3) is 0.727. The number of allylic oxidation sites excluding steroid dienone is 1. The van der Waals surface area contributed by atoms with Gasteiger partial charge in [0.05, 0.1) is 5.76 Å². The SMILES string of the molecule is CC(C)(C)OC(=O)N[C@@H]1[C@H]2C=C(O)C[C@H]21. The quantitative estimate of drug-likeness (QED) is 0.697. The van der Waals surface area contributed by atoms with Crippen molar-refractivity contribution in [2.24, 2.45) is 11.8 Å². The fourth-order valence-corrected chi connectivity index (χ4v) is 2.07. The molecule has 15 heavy (non-hydrogen) atoms. The summed E-state index contributed by atoms with van der Waals surface area (Å²) < 4.78 is 5.15. The molecular formula is C11H17NO3. The first kappa shape index (κ1) is 10.3. The van der Waals surface area contributed by atoms with Crippen LogP contribution in [0.15, 0.2) is 11.8 Å². The van der Waals surface area contributed by atoms with E-state index in [1.54, 1.807) is 0 Å². The molecule has 1 amide bonds. The highest BCUT2D eigenvalue weighted by Crippen LogP contribution is 2.49. The van der Waals surface area contributed by atoms with Crippen LogP contribution >= 0.6 is 0 Å². The summed E-state index contributed by atoms with van der Waals surface area (Å²) in [5.74, 6) is 1.15. The molecule has 0 aromatic carbocycles. The number of amides is 1. The van der Waals surface area contributed by atoms with Gasteiger partial charge in [0.25, 0.3) is 0 Å². The number of fused-ring (bicyclic) bond motifs is 1. The Kier molecular flexibility index (Phi) is 2.17. The summed E-state index contributed by atoms with van der Waals surface area (Å²) in [5.41, 5.74) is -0.452. The molecule has 0 aromatic rings. The van der Waals surface area contributed by atoms with Crippen molar-refractivity contribution in [3.8, 4) is 0 Å². The molecule has 0 aliphatic heterocycles. The van der Waals surface area contributed by atoms with Crippen LogP contribution in [0.3, 0.4) is 0 Å². The van der Waals surface area contributed by atoms with Gasteiger partial charge in [0.1, 0.15) is 5.60 Å². The van der Waals surface area contributed by atoms with E-state index in [4.69, 9.17) is 4.74 Å². The van der Waals surface area contributed by atoms with Crippen molar-refractivity contribution < 1.29 is 14.6 Å². The van der Waals surface area contributed by atoms with Crippen molar-refractivity contribution in [2.75, 3.05) is 0 Å². The zero-order valence-electron chi connectivity index (χ0n) is 9.28. The van der Waals surface area contributed by atoms with Gasteiger partial charge in [-0.3, -0.25) is 0 Å². The van der Waals surface area contributed by atoms with Gasteiger partial charge in [0, 0.05) is 18.4 Å². The van der Waals surface area contributed by atoms with E-state index in [9.17, 15) is 9.90 Å². The number of hydrogen-bond acceptors (Lipinski definition) is 3. The first-order valence-electron chi connectivity index (χ1n) is 5.26. The Hall–Kier alpha value is -1.19. The Morgan fingerprint density at radius 3 is 2.73 bits per heavy atom. The van der Waals surface area contributed by atoms with Gasteiger partial charge in [-0.15, -0.1) is 0 Å². The molecule has 2 aliphatic rings. The largest absolute Gasteiger partial charge is 0.513 e. The van der Waals surface area contributed by atoms with E-state index in [1.165, 1.54) is 0 Å². The van der Waals surface area contributed by atoms with E-state index in [0.29, 0.717) is 24.0 Å². The van der Waals surface area contributed by atoms with Crippen LogP contribution in [0.1, 0.15) is 27.2 Å². The average Bonchev–Trinajstić information content (AvgIpc) is 2.54. The highest BCUT2D eigenvalue weighted by molar-refractivity contribution is 5.69. The summed E-state index contributed by atoms with van der Waals surface area (Å²) >= 11 is 0. The van der Waals surface area contributed by atoms with Crippen LogP contribution in [0.4, 0.5) is 4.79 Å². The number of carbonyl (C=O) groups is 1. The van der Waals surface area contributed by atoms with E-state index in [2.05, 4.69) is 5.32 Å². The van der Waals surface area contributed by atoms with E-state index < -0.39 is 5.60 Å². The van der Waals surface area contributed by atoms with Crippen LogP contribution < -0.4 is 5.32 Å². The zero-order chi connectivity index (χ0) is 11.2. The van der Waals surface area contributed by atoms with E-state index in [0.717, 1.165) is 0 Å². The smallest absolute Gasteiger partial charge is 0.407 e. The second kappa shape index (κ2) is 3.15. The Bertz CT molecular complexity index is 316. The maximum absolute atomic E-state index is 11.4.